The molecule has 0 aliphatic heterocycles. The quantitative estimate of drug-likeness (QED) is 0.804. The number of hydrogen-bond donors (Lipinski definition) is 1. The lowest BCUT2D eigenvalue weighted by atomic mass is 9.96. The first-order valence-electron chi connectivity index (χ1n) is 4.96. The highest BCUT2D eigenvalue weighted by Crippen LogP contribution is 2.28. The van der Waals surface area contributed by atoms with E-state index in [2.05, 4.69) is 42.1 Å². The van der Waals surface area contributed by atoms with Crippen molar-refractivity contribution in [2.45, 2.75) is 26.2 Å². The molecule has 2 aromatic rings. The standard InChI is InChI=1S/C11H15N3S/c1-11(2,3)10-13-8(12-4)7-5-6-15-9(7)14-10/h5-6H,1-4H3,(H,12,13,14). The maximum Gasteiger partial charge on any atom is 0.138 e. The summed E-state index contributed by atoms with van der Waals surface area (Å²) < 4.78 is 0. The largest absolute Gasteiger partial charge is 0.372 e. The molecule has 0 radical (unpaired) electrons. The molecule has 0 unspecified atom stereocenters. The Balaban J connectivity index is 2.69. The lowest BCUT2D eigenvalue weighted by Crippen LogP contribution is -2.16. The van der Waals surface area contributed by atoms with Gasteiger partial charge in [0.2, 0.25) is 0 Å². The van der Waals surface area contributed by atoms with Gasteiger partial charge in [0.05, 0.1) is 5.39 Å². The van der Waals surface area contributed by atoms with Crippen molar-refractivity contribution in [1.29, 1.82) is 0 Å². The molecule has 15 heavy (non-hydrogen) atoms. The van der Waals surface area contributed by atoms with Gasteiger partial charge in [-0.25, -0.2) is 9.97 Å². The van der Waals surface area contributed by atoms with Gasteiger partial charge >= 0.3 is 0 Å². The number of fused-ring (bicyclic) bond motifs is 1. The van der Waals surface area contributed by atoms with Crippen LogP contribution in [-0.2, 0) is 5.41 Å². The third-order valence-electron chi connectivity index (χ3n) is 2.23. The summed E-state index contributed by atoms with van der Waals surface area (Å²) in [7, 11) is 1.89. The third kappa shape index (κ3) is 1.81. The summed E-state index contributed by atoms with van der Waals surface area (Å²) in [6.45, 7) is 6.38. The molecule has 0 aromatic carbocycles. The van der Waals surface area contributed by atoms with Crippen LogP contribution in [0.25, 0.3) is 10.2 Å². The Kier molecular flexibility index (Phi) is 2.38. The normalized spacial score (nSPS) is 12.0. The third-order valence-corrected chi connectivity index (χ3v) is 3.04. The van der Waals surface area contributed by atoms with E-state index < -0.39 is 0 Å². The molecular weight excluding hydrogens is 206 g/mol. The summed E-state index contributed by atoms with van der Waals surface area (Å²) in [6, 6.07) is 2.05. The van der Waals surface area contributed by atoms with E-state index in [0.29, 0.717) is 0 Å². The second-order valence-corrected chi connectivity index (χ2v) is 5.43. The lowest BCUT2D eigenvalue weighted by molar-refractivity contribution is 0.549. The first kappa shape index (κ1) is 10.4. The summed E-state index contributed by atoms with van der Waals surface area (Å²) >= 11 is 1.66. The van der Waals surface area contributed by atoms with E-state index in [-0.39, 0.29) is 5.41 Å². The van der Waals surface area contributed by atoms with Crippen LogP contribution in [0.2, 0.25) is 0 Å². The molecule has 1 N–H and O–H groups in total. The van der Waals surface area contributed by atoms with E-state index in [1.807, 2.05) is 12.4 Å². The van der Waals surface area contributed by atoms with Gasteiger partial charge in [0.25, 0.3) is 0 Å². The summed E-state index contributed by atoms with van der Waals surface area (Å²) in [4.78, 5) is 10.2. The number of thiophene rings is 1. The van der Waals surface area contributed by atoms with Crippen molar-refractivity contribution in [2.24, 2.45) is 0 Å². The van der Waals surface area contributed by atoms with Gasteiger partial charge in [-0.2, -0.15) is 0 Å². The molecule has 2 aromatic heterocycles. The van der Waals surface area contributed by atoms with Crippen LogP contribution in [0.4, 0.5) is 5.82 Å². The van der Waals surface area contributed by atoms with Crippen molar-refractivity contribution < 1.29 is 0 Å². The van der Waals surface area contributed by atoms with Crippen LogP contribution < -0.4 is 5.32 Å². The van der Waals surface area contributed by atoms with Crippen molar-refractivity contribution in [3.05, 3.63) is 17.3 Å². The minimum atomic E-state index is -0.0101. The molecule has 0 fully saturated rings. The fraction of sp³-hybridized carbons (Fsp3) is 0.455. The molecular formula is C11H15N3S. The monoisotopic (exact) mass is 221 g/mol. The summed E-state index contributed by atoms with van der Waals surface area (Å²) in [5, 5.41) is 6.28. The molecule has 0 saturated carbocycles. The summed E-state index contributed by atoms with van der Waals surface area (Å²) in [5.74, 6) is 1.81. The van der Waals surface area contributed by atoms with Crippen LogP contribution in [0.5, 0.6) is 0 Å². The molecule has 80 valence electrons. The van der Waals surface area contributed by atoms with E-state index in [9.17, 15) is 0 Å². The van der Waals surface area contributed by atoms with Gasteiger partial charge in [0.15, 0.2) is 0 Å². The Morgan fingerprint density at radius 1 is 1.27 bits per heavy atom. The molecule has 3 nitrogen and oxygen atoms in total. The van der Waals surface area contributed by atoms with E-state index in [1.54, 1.807) is 11.3 Å². The Morgan fingerprint density at radius 3 is 2.60 bits per heavy atom. The Bertz CT molecular complexity index is 482. The predicted molar refractivity (Wildman–Crippen MR) is 65.7 cm³/mol. The maximum atomic E-state index is 4.58. The number of rotatable bonds is 1. The lowest BCUT2D eigenvalue weighted by Gasteiger charge is -2.17. The van der Waals surface area contributed by atoms with Gasteiger partial charge in [0.1, 0.15) is 16.5 Å². The Labute approximate surface area is 93.6 Å². The van der Waals surface area contributed by atoms with E-state index in [0.717, 1.165) is 21.9 Å². The maximum absolute atomic E-state index is 4.58. The van der Waals surface area contributed by atoms with Crippen molar-refractivity contribution in [1.82, 2.24) is 9.97 Å². The zero-order valence-electron chi connectivity index (χ0n) is 9.46. The van der Waals surface area contributed by atoms with Gasteiger partial charge in [-0.05, 0) is 11.4 Å². The molecule has 2 heterocycles. The average molecular weight is 221 g/mol. The van der Waals surface area contributed by atoms with E-state index >= 15 is 0 Å². The van der Waals surface area contributed by atoms with E-state index in [1.165, 1.54) is 0 Å². The second-order valence-electron chi connectivity index (χ2n) is 4.54. The number of aromatic nitrogens is 2. The number of hydrogen-bond acceptors (Lipinski definition) is 4. The van der Waals surface area contributed by atoms with Gasteiger partial charge < -0.3 is 5.32 Å². The van der Waals surface area contributed by atoms with Crippen LogP contribution in [0, 0.1) is 0 Å². The minimum Gasteiger partial charge on any atom is -0.372 e. The van der Waals surface area contributed by atoms with Crippen LogP contribution >= 0.6 is 11.3 Å². The summed E-state index contributed by atoms with van der Waals surface area (Å²) in [5.41, 5.74) is -0.0101. The second kappa shape index (κ2) is 3.45. The minimum absolute atomic E-state index is 0.0101. The topological polar surface area (TPSA) is 37.8 Å². The zero-order valence-corrected chi connectivity index (χ0v) is 10.3. The number of anilines is 1. The molecule has 4 heteroatoms. The van der Waals surface area contributed by atoms with Gasteiger partial charge in [0, 0.05) is 12.5 Å². The Hall–Kier alpha value is -1.16. The van der Waals surface area contributed by atoms with Crippen LogP contribution in [0.3, 0.4) is 0 Å². The number of nitrogens with one attached hydrogen (secondary N) is 1. The van der Waals surface area contributed by atoms with Crippen LogP contribution in [-0.4, -0.2) is 17.0 Å². The molecule has 0 aliphatic carbocycles. The molecule has 0 atom stereocenters. The SMILES string of the molecule is CNc1nc(C(C)(C)C)nc2sccc12. The van der Waals surface area contributed by atoms with Crippen LogP contribution in [0.1, 0.15) is 26.6 Å². The van der Waals surface area contributed by atoms with E-state index in [4.69, 9.17) is 0 Å². The molecule has 0 bridgehead atoms. The Morgan fingerprint density at radius 2 is 2.00 bits per heavy atom. The molecule has 0 saturated heterocycles. The summed E-state index contributed by atoms with van der Waals surface area (Å²) in [6.07, 6.45) is 0. The highest BCUT2D eigenvalue weighted by atomic mass is 32.1. The van der Waals surface area contributed by atoms with Crippen molar-refractivity contribution in [3.63, 3.8) is 0 Å². The fourth-order valence-corrected chi connectivity index (χ4v) is 2.15. The highest BCUT2D eigenvalue weighted by Gasteiger charge is 2.19. The molecule has 2 rings (SSSR count). The van der Waals surface area contributed by atoms with Crippen LogP contribution in [0.15, 0.2) is 11.4 Å². The smallest absolute Gasteiger partial charge is 0.138 e. The first-order valence-corrected chi connectivity index (χ1v) is 5.84. The van der Waals surface area contributed by atoms with Crippen molar-refractivity contribution >= 4 is 27.4 Å². The van der Waals surface area contributed by atoms with Gasteiger partial charge in [-0.1, -0.05) is 20.8 Å². The average Bonchev–Trinajstić information content (AvgIpc) is 2.62. The van der Waals surface area contributed by atoms with Gasteiger partial charge in [-0.15, -0.1) is 11.3 Å². The van der Waals surface area contributed by atoms with Crippen molar-refractivity contribution in [2.75, 3.05) is 12.4 Å². The molecule has 0 spiro atoms. The molecule has 0 amide bonds. The number of nitrogens with zero attached hydrogens (tertiary/aromatic N) is 2. The fourth-order valence-electron chi connectivity index (χ4n) is 1.38. The zero-order chi connectivity index (χ0) is 11.1. The van der Waals surface area contributed by atoms with Crippen molar-refractivity contribution in [3.8, 4) is 0 Å². The highest BCUT2D eigenvalue weighted by molar-refractivity contribution is 7.16. The molecule has 0 aliphatic rings. The predicted octanol–water partition coefficient (Wildman–Crippen LogP) is 3.03. The van der Waals surface area contributed by atoms with Gasteiger partial charge in [-0.3, -0.25) is 0 Å². The first-order chi connectivity index (χ1) is 7.02.